The molecule has 2 aliphatic rings. The van der Waals surface area contributed by atoms with Crippen molar-refractivity contribution in [3.63, 3.8) is 0 Å². The average molecular weight is 454 g/mol. The van der Waals surface area contributed by atoms with E-state index in [9.17, 15) is 0 Å². The minimum absolute atomic E-state index is 0.0798. The van der Waals surface area contributed by atoms with Crippen LogP contribution < -0.4 is 10.6 Å². The van der Waals surface area contributed by atoms with Crippen molar-refractivity contribution in [1.82, 2.24) is 4.67 Å². The molecule has 33 heavy (non-hydrogen) atoms. The molecule has 0 amide bonds. The molecule has 2 atom stereocenters. The number of hydrogen-bond acceptors (Lipinski definition) is 1. The normalized spacial score (nSPS) is 23.4. The lowest BCUT2D eigenvalue weighted by Crippen LogP contribution is -2.51. The number of allylic oxidation sites excluding steroid dienone is 1. The van der Waals surface area contributed by atoms with Gasteiger partial charge in [-0.2, -0.15) is 0 Å². The first-order valence-corrected chi connectivity index (χ1v) is 13.4. The minimum atomic E-state index is -3.07. The molecule has 1 spiro atoms. The van der Waals surface area contributed by atoms with E-state index in [1.807, 2.05) is 60.7 Å². The maximum atomic E-state index is 15.3. The number of nitrogens with zero attached hydrogens (tertiary/aromatic N) is 1. The predicted molar refractivity (Wildman–Crippen MR) is 140 cm³/mol. The van der Waals surface area contributed by atoms with Gasteiger partial charge < -0.3 is 0 Å². The molecule has 0 N–H and O–H groups in total. The summed E-state index contributed by atoms with van der Waals surface area (Å²) in [4.78, 5) is 0. The summed E-state index contributed by atoms with van der Waals surface area (Å²) in [5.41, 5.74) is 3.56. The first kappa shape index (κ1) is 22.1. The summed E-state index contributed by atoms with van der Waals surface area (Å²) in [5, 5.41) is 1.78. The fourth-order valence-electron chi connectivity index (χ4n) is 5.92. The largest absolute Gasteiger partial charge is 0.296 e. The first-order chi connectivity index (χ1) is 15.8. The SMILES string of the molecule is C=C1CN(P(=O)(c2ccccc2)c2ccccc2)[C@@H](C(C)(C)C)[C@@]12C=C(c1ccccc1)C2. The van der Waals surface area contributed by atoms with Crippen LogP contribution >= 0.6 is 7.29 Å². The Morgan fingerprint density at radius 2 is 1.30 bits per heavy atom. The minimum Gasteiger partial charge on any atom is -0.296 e. The Morgan fingerprint density at radius 1 is 0.848 bits per heavy atom. The summed E-state index contributed by atoms with van der Waals surface area (Å²) in [6.07, 6.45) is 3.36. The van der Waals surface area contributed by atoms with Gasteiger partial charge >= 0.3 is 0 Å². The molecule has 0 unspecified atom stereocenters. The fourth-order valence-corrected chi connectivity index (χ4v) is 9.21. The highest BCUT2D eigenvalue weighted by Crippen LogP contribution is 2.66. The molecular weight excluding hydrogens is 421 g/mol. The molecular formula is C30H32NOP. The van der Waals surface area contributed by atoms with Gasteiger partial charge in [0.2, 0.25) is 7.29 Å². The Balaban J connectivity index is 1.67. The molecule has 1 saturated heterocycles. The fraction of sp³-hybridized carbons (Fsp3) is 0.267. The van der Waals surface area contributed by atoms with E-state index in [1.165, 1.54) is 16.7 Å². The molecule has 1 aliphatic carbocycles. The third-order valence-electron chi connectivity index (χ3n) is 7.25. The zero-order valence-electron chi connectivity index (χ0n) is 19.7. The number of rotatable bonds is 4. The van der Waals surface area contributed by atoms with E-state index in [0.29, 0.717) is 6.54 Å². The van der Waals surface area contributed by atoms with Gasteiger partial charge in [-0.15, -0.1) is 0 Å². The quantitative estimate of drug-likeness (QED) is 0.325. The number of hydrogen-bond donors (Lipinski definition) is 0. The third kappa shape index (κ3) is 3.48. The molecule has 3 aromatic carbocycles. The standard InChI is InChI=1S/C30H32NOP/c1-23-22-31(33(32,26-16-10-6-11-17-26)27-18-12-7-13-19-27)28(29(2,3)4)30(23)20-25(21-30)24-14-8-5-9-15-24/h5-20,28H,1,21-22H2,2-4H3/t28-,30+/m0/s1. The van der Waals surface area contributed by atoms with E-state index in [1.54, 1.807) is 0 Å². The van der Waals surface area contributed by atoms with Crippen LogP contribution in [0.1, 0.15) is 32.8 Å². The van der Waals surface area contributed by atoms with Gasteiger partial charge in [0.15, 0.2) is 0 Å². The first-order valence-electron chi connectivity index (χ1n) is 11.7. The Labute approximate surface area is 198 Å². The van der Waals surface area contributed by atoms with Crippen LogP contribution in [0.4, 0.5) is 0 Å². The molecule has 2 nitrogen and oxygen atoms in total. The highest BCUT2D eigenvalue weighted by atomic mass is 31.2. The molecule has 0 saturated carbocycles. The lowest BCUT2D eigenvalue weighted by Gasteiger charge is -2.50. The summed E-state index contributed by atoms with van der Waals surface area (Å²) in [6.45, 7) is 12.0. The Kier molecular flexibility index (Phi) is 5.35. The Morgan fingerprint density at radius 3 is 1.76 bits per heavy atom. The lowest BCUT2D eigenvalue weighted by atomic mass is 9.58. The summed E-state index contributed by atoms with van der Waals surface area (Å²) in [5.74, 6) is 0. The van der Waals surface area contributed by atoms with E-state index < -0.39 is 7.29 Å². The predicted octanol–water partition coefficient (Wildman–Crippen LogP) is 6.68. The van der Waals surface area contributed by atoms with Crippen LogP contribution in [0.5, 0.6) is 0 Å². The third-order valence-corrected chi connectivity index (χ3v) is 10.3. The van der Waals surface area contributed by atoms with Crippen LogP contribution in [-0.4, -0.2) is 17.3 Å². The van der Waals surface area contributed by atoms with Gasteiger partial charge in [-0.3, -0.25) is 4.57 Å². The molecule has 5 rings (SSSR count). The molecule has 1 fully saturated rings. The van der Waals surface area contributed by atoms with E-state index in [-0.39, 0.29) is 16.9 Å². The molecule has 0 radical (unpaired) electrons. The summed E-state index contributed by atoms with van der Waals surface area (Å²) < 4.78 is 17.6. The van der Waals surface area contributed by atoms with Crippen molar-refractivity contribution in [3.8, 4) is 0 Å². The maximum Gasteiger partial charge on any atom is 0.207 e. The molecule has 3 heteroatoms. The Hall–Kier alpha value is -2.67. The average Bonchev–Trinajstić information content (AvgIpc) is 3.13. The Bertz CT molecular complexity index is 1200. The topological polar surface area (TPSA) is 20.3 Å². The van der Waals surface area contributed by atoms with Crippen LogP contribution in [0.25, 0.3) is 5.57 Å². The summed E-state index contributed by atoms with van der Waals surface area (Å²) >= 11 is 0. The second-order valence-electron chi connectivity index (χ2n) is 10.5. The van der Waals surface area contributed by atoms with Crippen molar-refractivity contribution in [2.45, 2.75) is 33.2 Å². The van der Waals surface area contributed by atoms with Crippen molar-refractivity contribution in [2.75, 3.05) is 6.54 Å². The lowest BCUT2D eigenvalue weighted by molar-refractivity contribution is 0.136. The van der Waals surface area contributed by atoms with E-state index in [0.717, 1.165) is 17.0 Å². The molecule has 168 valence electrons. The van der Waals surface area contributed by atoms with Gasteiger partial charge in [0.1, 0.15) is 0 Å². The van der Waals surface area contributed by atoms with Crippen LogP contribution in [0.2, 0.25) is 0 Å². The number of benzene rings is 3. The van der Waals surface area contributed by atoms with Crippen LogP contribution in [-0.2, 0) is 4.57 Å². The van der Waals surface area contributed by atoms with E-state index >= 15 is 4.57 Å². The smallest absolute Gasteiger partial charge is 0.207 e. The van der Waals surface area contributed by atoms with E-state index in [4.69, 9.17) is 0 Å². The second kappa shape index (κ2) is 7.97. The van der Waals surface area contributed by atoms with Crippen molar-refractivity contribution >= 4 is 23.5 Å². The van der Waals surface area contributed by atoms with Crippen molar-refractivity contribution in [3.05, 3.63) is 115 Å². The molecule has 0 bridgehead atoms. The van der Waals surface area contributed by atoms with Crippen molar-refractivity contribution in [2.24, 2.45) is 10.8 Å². The maximum absolute atomic E-state index is 15.3. The zero-order chi connectivity index (χ0) is 23.3. The van der Waals surface area contributed by atoms with Crippen LogP contribution in [0.15, 0.2) is 109 Å². The highest BCUT2D eigenvalue weighted by molar-refractivity contribution is 7.76. The summed E-state index contributed by atoms with van der Waals surface area (Å²) in [6, 6.07) is 30.7. The zero-order valence-corrected chi connectivity index (χ0v) is 20.6. The molecule has 1 heterocycles. The molecule has 1 aliphatic heterocycles. The monoisotopic (exact) mass is 453 g/mol. The van der Waals surface area contributed by atoms with Gasteiger partial charge in [-0.25, -0.2) is 4.67 Å². The van der Waals surface area contributed by atoms with Gasteiger partial charge in [0.05, 0.1) is 0 Å². The van der Waals surface area contributed by atoms with Crippen LogP contribution in [0, 0.1) is 10.8 Å². The molecule has 0 aromatic heterocycles. The highest BCUT2D eigenvalue weighted by Gasteiger charge is 2.60. The van der Waals surface area contributed by atoms with Crippen molar-refractivity contribution in [1.29, 1.82) is 0 Å². The summed E-state index contributed by atoms with van der Waals surface area (Å²) in [7, 11) is -3.07. The van der Waals surface area contributed by atoms with Gasteiger partial charge in [-0.1, -0.05) is 106 Å². The van der Waals surface area contributed by atoms with Crippen LogP contribution in [0.3, 0.4) is 0 Å². The van der Waals surface area contributed by atoms with Crippen molar-refractivity contribution < 1.29 is 4.57 Å². The second-order valence-corrected chi connectivity index (χ2v) is 13.2. The molecule has 3 aromatic rings. The van der Waals surface area contributed by atoms with Gasteiger partial charge in [0, 0.05) is 28.6 Å². The van der Waals surface area contributed by atoms with E-state index in [2.05, 4.69) is 68.4 Å². The van der Waals surface area contributed by atoms with Gasteiger partial charge in [-0.05, 0) is 47.2 Å². The van der Waals surface area contributed by atoms with Gasteiger partial charge in [0.25, 0.3) is 0 Å².